The minimum Gasteiger partial charge on any atom is -0.319 e. The van der Waals surface area contributed by atoms with Crippen LogP contribution in [-0.2, 0) is 10.3 Å². The van der Waals surface area contributed by atoms with Gasteiger partial charge in [0, 0.05) is 16.1 Å². The predicted molar refractivity (Wildman–Crippen MR) is 89.8 cm³/mol. The summed E-state index contributed by atoms with van der Waals surface area (Å²) in [5.74, 6) is -1.51. The maximum atomic E-state index is 13.0. The molecular weight excluding hydrogens is 347 g/mol. The van der Waals surface area contributed by atoms with Gasteiger partial charge in [0.05, 0.1) is 6.54 Å². The van der Waals surface area contributed by atoms with Crippen molar-refractivity contribution in [2.75, 3.05) is 6.54 Å². The van der Waals surface area contributed by atoms with E-state index in [9.17, 15) is 18.8 Å². The lowest BCUT2D eigenvalue weighted by molar-refractivity contribution is -0.130. The van der Waals surface area contributed by atoms with E-state index < -0.39 is 35.6 Å². The van der Waals surface area contributed by atoms with Gasteiger partial charge in [0.1, 0.15) is 11.4 Å². The molecule has 0 unspecified atom stereocenters. The van der Waals surface area contributed by atoms with Crippen LogP contribution in [0, 0.1) is 5.82 Å². The van der Waals surface area contributed by atoms with Gasteiger partial charge in [-0.1, -0.05) is 29.8 Å². The highest BCUT2D eigenvalue weighted by Crippen LogP contribution is 2.33. The number of urea groups is 1. The van der Waals surface area contributed by atoms with Gasteiger partial charge in [-0.25, -0.2) is 9.18 Å². The Hall–Kier alpha value is -2.73. The number of carbonyl (C=O) groups excluding carboxylic acids is 3. The topological polar surface area (TPSA) is 66.5 Å². The minimum absolute atomic E-state index is 0.216. The van der Waals surface area contributed by atoms with Crippen molar-refractivity contribution >= 4 is 29.3 Å². The van der Waals surface area contributed by atoms with Crippen molar-refractivity contribution in [1.82, 2.24) is 10.2 Å². The first-order valence-electron chi connectivity index (χ1n) is 7.51. The number of benzene rings is 2. The quantitative estimate of drug-likeness (QED) is 0.673. The lowest BCUT2D eigenvalue weighted by Crippen LogP contribution is -2.41. The van der Waals surface area contributed by atoms with Gasteiger partial charge in [0.15, 0.2) is 5.78 Å². The van der Waals surface area contributed by atoms with Crippen LogP contribution in [-0.4, -0.2) is 29.2 Å². The number of nitrogens with one attached hydrogen (secondary N) is 1. The van der Waals surface area contributed by atoms with Gasteiger partial charge in [-0.2, -0.15) is 0 Å². The van der Waals surface area contributed by atoms with E-state index in [1.165, 1.54) is 19.1 Å². The molecule has 7 heteroatoms. The van der Waals surface area contributed by atoms with Crippen LogP contribution in [0.1, 0.15) is 22.8 Å². The Kier molecular flexibility index (Phi) is 4.30. The van der Waals surface area contributed by atoms with Gasteiger partial charge in [0.25, 0.3) is 5.91 Å². The average molecular weight is 361 g/mol. The number of imide groups is 1. The molecule has 0 saturated carbocycles. The lowest BCUT2D eigenvalue weighted by Gasteiger charge is -2.23. The molecule has 0 radical (unpaired) electrons. The summed E-state index contributed by atoms with van der Waals surface area (Å²) < 4.78 is 13.0. The van der Waals surface area contributed by atoms with Crippen LogP contribution in [0.25, 0.3) is 0 Å². The third kappa shape index (κ3) is 3.00. The second-order valence-corrected chi connectivity index (χ2v) is 6.26. The predicted octanol–water partition coefficient (Wildman–Crippen LogP) is 3.13. The highest BCUT2D eigenvalue weighted by molar-refractivity contribution is 6.32. The van der Waals surface area contributed by atoms with E-state index in [4.69, 9.17) is 11.6 Å². The van der Waals surface area contributed by atoms with Gasteiger partial charge in [-0.3, -0.25) is 14.5 Å². The molecule has 1 heterocycles. The van der Waals surface area contributed by atoms with E-state index in [-0.39, 0.29) is 5.56 Å². The van der Waals surface area contributed by atoms with Crippen LogP contribution >= 0.6 is 11.6 Å². The van der Waals surface area contributed by atoms with Crippen molar-refractivity contribution in [2.45, 2.75) is 12.5 Å². The zero-order valence-electron chi connectivity index (χ0n) is 13.3. The van der Waals surface area contributed by atoms with Crippen LogP contribution < -0.4 is 5.32 Å². The molecule has 0 aromatic heterocycles. The van der Waals surface area contributed by atoms with Crippen LogP contribution in [0.15, 0.2) is 48.5 Å². The number of hydrogen-bond acceptors (Lipinski definition) is 3. The van der Waals surface area contributed by atoms with E-state index in [1.807, 2.05) is 0 Å². The molecule has 1 fully saturated rings. The van der Waals surface area contributed by atoms with Crippen molar-refractivity contribution in [1.29, 1.82) is 0 Å². The second kappa shape index (κ2) is 6.29. The second-order valence-electron chi connectivity index (χ2n) is 5.86. The Morgan fingerprint density at radius 1 is 1.16 bits per heavy atom. The van der Waals surface area contributed by atoms with Crippen LogP contribution in [0.3, 0.4) is 0 Å². The summed E-state index contributed by atoms with van der Waals surface area (Å²) in [6.07, 6.45) is 0. The lowest BCUT2D eigenvalue weighted by atomic mass is 9.92. The van der Waals surface area contributed by atoms with E-state index in [0.717, 1.165) is 17.0 Å². The Labute approximate surface area is 148 Å². The molecule has 1 atom stereocenters. The normalized spacial score (nSPS) is 19.9. The molecule has 5 nitrogen and oxygen atoms in total. The molecule has 3 rings (SSSR count). The fourth-order valence-electron chi connectivity index (χ4n) is 2.76. The zero-order chi connectivity index (χ0) is 18.2. The van der Waals surface area contributed by atoms with Crippen molar-refractivity contribution in [3.8, 4) is 0 Å². The summed E-state index contributed by atoms with van der Waals surface area (Å²) in [4.78, 5) is 38.2. The molecule has 0 aliphatic carbocycles. The monoisotopic (exact) mass is 360 g/mol. The molecule has 0 spiro atoms. The Morgan fingerprint density at radius 3 is 2.44 bits per heavy atom. The van der Waals surface area contributed by atoms with Gasteiger partial charge >= 0.3 is 6.03 Å². The van der Waals surface area contributed by atoms with E-state index in [0.29, 0.717) is 10.6 Å². The van der Waals surface area contributed by atoms with E-state index >= 15 is 0 Å². The van der Waals surface area contributed by atoms with E-state index in [2.05, 4.69) is 5.32 Å². The zero-order valence-corrected chi connectivity index (χ0v) is 14.0. The first-order valence-corrected chi connectivity index (χ1v) is 7.88. The number of Topliss-reactive ketones (excluding diaryl/α,β-unsaturated/α-hetero) is 1. The fourth-order valence-corrected chi connectivity index (χ4v) is 3.09. The van der Waals surface area contributed by atoms with Crippen LogP contribution in [0.4, 0.5) is 9.18 Å². The van der Waals surface area contributed by atoms with E-state index in [1.54, 1.807) is 24.3 Å². The maximum absolute atomic E-state index is 13.0. The maximum Gasteiger partial charge on any atom is 0.325 e. The minimum atomic E-state index is -1.35. The molecule has 1 saturated heterocycles. The molecule has 2 aromatic rings. The SMILES string of the molecule is C[C@]1(c2ccccc2Cl)NC(=O)N(CC(=O)c2ccc(F)cc2)C1=O. The average Bonchev–Trinajstić information content (AvgIpc) is 2.80. The number of amides is 3. The first-order chi connectivity index (χ1) is 11.8. The molecule has 2 aromatic carbocycles. The first kappa shape index (κ1) is 17.1. The molecule has 128 valence electrons. The summed E-state index contributed by atoms with van der Waals surface area (Å²) in [5, 5.41) is 2.93. The summed E-state index contributed by atoms with van der Waals surface area (Å²) in [5.41, 5.74) is -0.682. The van der Waals surface area contributed by atoms with Crippen molar-refractivity contribution in [3.05, 3.63) is 70.5 Å². The molecule has 3 amide bonds. The Bertz CT molecular complexity index is 869. The van der Waals surface area contributed by atoms with Gasteiger partial charge in [0.2, 0.25) is 0 Å². The highest BCUT2D eigenvalue weighted by Gasteiger charge is 2.50. The van der Waals surface area contributed by atoms with Crippen LogP contribution in [0.5, 0.6) is 0 Å². The number of hydrogen-bond donors (Lipinski definition) is 1. The Morgan fingerprint density at radius 2 is 1.80 bits per heavy atom. The summed E-state index contributed by atoms with van der Waals surface area (Å²) in [7, 11) is 0. The standard InChI is InChI=1S/C18H14ClFN2O3/c1-18(13-4-2-3-5-14(13)19)16(24)22(17(25)21-18)10-15(23)11-6-8-12(20)9-7-11/h2-9H,10H2,1H3,(H,21,25)/t18-/m1/s1. The molecule has 25 heavy (non-hydrogen) atoms. The summed E-state index contributed by atoms with van der Waals surface area (Å²) in [6, 6.07) is 10.9. The fraction of sp³-hybridized carbons (Fsp3) is 0.167. The molecule has 1 aliphatic heterocycles. The summed E-state index contributed by atoms with van der Waals surface area (Å²) in [6.45, 7) is 1.10. The van der Waals surface area contributed by atoms with Crippen LogP contribution in [0.2, 0.25) is 5.02 Å². The van der Waals surface area contributed by atoms with Gasteiger partial charge in [-0.15, -0.1) is 0 Å². The third-order valence-electron chi connectivity index (χ3n) is 4.16. The Balaban J connectivity index is 1.85. The number of rotatable bonds is 4. The third-order valence-corrected chi connectivity index (χ3v) is 4.49. The number of halogens is 2. The number of nitrogens with zero attached hydrogens (tertiary/aromatic N) is 1. The summed E-state index contributed by atoms with van der Waals surface area (Å²) >= 11 is 6.15. The van der Waals surface area contributed by atoms with Crippen molar-refractivity contribution < 1.29 is 18.8 Å². The largest absolute Gasteiger partial charge is 0.325 e. The molecule has 0 bridgehead atoms. The molecule has 1 N–H and O–H groups in total. The van der Waals surface area contributed by atoms with Gasteiger partial charge < -0.3 is 5.32 Å². The molecule has 1 aliphatic rings. The molecular formula is C18H14ClFN2O3. The smallest absolute Gasteiger partial charge is 0.319 e. The van der Waals surface area contributed by atoms with Crippen molar-refractivity contribution in [3.63, 3.8) is 0 Å². The number of ketones is 1. The van der Waals surface area contributed by atoms with Crippen molar-refractivity contribution in [2.24, 2.45) is 0 Å². The van der Waals surface area contributed by atoms with Gasteiger partial charge in [-0.05, 0) is 37.3 Å². The highest BCUT2D eigenvalue weighted by atomic mass is 35.5. The number of carbonyl (C=O) groups is 3.